The average Bonchev–Trinajstić information content (AvgIpc) is 3.37. The number of ether oxygens (including phenoxy) is 2. The molecule has 4 rings (SSSR count). The molecular formula is C23H20F3N3O5. The summed E-state index contributed by atoms with van der Waals surface area (Å²) in [5.41, 5.74) is 1.24. The molecule has 1 aromatic heterocycles. The van der Waals surface area contributed by atoms with Gasteiger partial charge in [-0.1, -0.05) is 24.3 Å². The highest BCUT2D eigenvalue weighted by Gasteiger charge is 2.33. The van der Waals surface area contributed by atoms with Gasteiger partial charge in [-0.3, -0.25) is 14.9 Å². The average molecular weight is 475 g/mol. The van der Waals surface area contributed by atoms with Crippen LogP contribution in [0.4, 0.5) is 23.7 Å². The summed E-state index contributed by atoms with van der Waals surface area (Å²) in [7, 11) is 0. The summed E-state index contributed by atoms with van der Waals surface area (Å²) in [5.74, 6) is -0.786. The van der Waals surface area contributed by atoms with Gasteiger partial charge in [-0.05, 0) is 24.6 Å². The third-order valence-corrected chi connectivity index (χ3v) is 5.33. The molecule has 2 aromatic carbocycles. The molecule has 1 N–H and O–H groups in total. The summed E-state index contributed by atoms with van der Waals surface area (Å²) in [5, 5.41) is 3.08. The summed E-state index contributed by atoms with van der Waals surface area (Å²) < 4.78 is 48.1. The minimum absolute atomic E-state index is 0.0443. The summed E-state index contributed by atoms with van der Waals surface area (Å²) in [6.07, 6.45) is -3.24. The second kappa shape index (κ2) is 9.46. The van der Waals surface area contributed by atoms with Gasteiger partial charge in [0, 0.05) is 47.4 Å². The van der Waals surface area contributed by atoms with E-state index in [1.165, 1.54) is 17.0 Å². The van der Waals surface area contributed by atoms with E-state index in [4.69, 9.17) is 4.74 Å². The number of aromatic nitrogens is 1. The van der Waals surface area contributed by atoms with Crippen molar-refractivity contribution in [1.82, 2.24) is 9.47 Å². The predicted molar refractivity (Wildman–Crippen MR) is 115 cm³/mol. The van der Waals surface area contributed by atoms with Crippen molar-refractivity contribution >= 4 is 34.9 Å². The molecule has 2 heterocycles. The van der Waals surface area contributed by atoms with Crippen molar-refractivity contribution < 1.29 is 37.0 Å². The molecule has 0 saturated carbocycles. The Morgan fingerprint density at radius 2 is 1.94 bits per heavy atom. The number of likely N-dealkylation sites (tertiary alicyclic amines) is 1. The van der Waals surface area contributed by atoms with Crippen molar-refractivity contribution in [2.75, 3.05) is 11.9 Å². The van der Waals surface area contributed by atoms with Crippen LogP contribution in [0.3, 0.4) is 0 Å². The first-order valence-electron chi connectivity index (χ1n) is 10.4. The molecule has 178 valence electrons. The molecular weight excluding hydrogens is 455 g/mol. The maximum absolute atomic E-state index is 13.0. The van der Waals surface area contributed by atoms with Crippen LogP contribution < -0.4 is 10.1 Å². The highest BCUT2D eigenvalue weighted by atomic mass is 19.4. The highest BCUT2D eigenvalue weighted by Crippen LogP contribution is 2.26. The van der Waals surface area contributed by atoms with E-state index < -0.39 is 24.4 Å². The van der Waals surface area contributed by atoms with Crippen molar-refractivity contribution in [3.8, 4) is 5.75 Å². The largest absolute Gasteiger partial charge is 0.573 e. The summed E-state index contributed by atoms with van der Waals surface area (Å²) in [6, 6.07) is 12.0. The van der Waals surface area contributed by atoms with Crippen molar-refractivity contribution in [2.24, 2.45) is 0 Å². The van der Waals surface area contributed by atoms with Gasteiger partial charge in [-0.15, -0.1) is 13.2 Å². The molecule has 1 fully saturated rings. The number of carbonyl (C=O) groups is 3. The molecule has 2 amide bonds. The van der Waals surface area contributed by atoms with E-state index in [9.17, 15) is 27.6 Å². The smallest absolute Gasteiger partial charge is 0.425 e. The Hall–Kier alpha value is -4.02. The van der Waals surface area contributed by atoms with Crippen LogP contribution in [-0.2, 0) is 16.1 Å². The predicted octanol–water partition coefficient (Wildman–Crippen LogP) is 4.55. The molecule has 1 aliphatic rings. The van der Waals surface area contributed by atoms with Crippen molar-refractivity contribution in [3.63, 3.8) is 0 Å². The number of rotatable bonds is 6. The quantitative estimate of drug-likeness (QED) is 0.529. The fourth-order valence-corrected chi connectivity index (χ4v) is 3.92. The molecule has 0 radical (unpaired) electrons. The van der Waals surface area contributed by atoms with E-state index >= 15 is 0 Å². The zero-order chi connectivity index (χ0) is 24.3. The minimum atomic E-state index is -4.86. The summed E-state index contributed by atoms with van der Waals surface area (Å²) >= 11 is 0. The lowest BCUT2D eigenvalue weighted by Crippen LogP contribution is -2.40. The number of nitrogens with zero attached hydrogens (tertiary/aromatic N) is 2. The minimum Gasteiger partial charge on any atom is -0.425 e. The van der Waals surface area contributed by atoms with E-state index in [-0.39, 0.29) is 18.1 Å². The van der Waals surface area contributed by atoms with E-state index in [0.29, 0.717) is 24.9 Å². The second-order valence-electron chi connectivity index (χ2n) is 7.64. The van der Waals surface area contributed by atoms with Crippen LogP contribution >= 0.6 is 0 Å². The monoisotopic (exact) mass is 475 g/mol. The van der Waals surface area contributed by atoms with Crippen LogP contribution in [0.15, 0.2) is 54.7 Å². The lowest BCUT2D eigenvalue weighted by Gasteiger charge is -2.25. The number of para-hydroxylation sites is 1. The molecule has 8 nitrogen and oxygen atoms in total. The van der Waals surface area contributed by atoms with Crippen LogP contribution in [-0.4, -0.2) is 46.9 Å². The lowest BCUT2D eigenvalue weighted by molar-refractivity contribution is -0.274. The maximum atomic E-state index is 13.0. The number of carbonyl (C=O) groups excluding carboxylic acids is 3. The lowest BCUT2D eigenvalue weighted by atomic mass is 10.2. The van der Waals surface area contributed by atoms with Gasteiger partial charge >= 0.3 is 12.5 Å². The Morgan fingerprint density at radius 1 is 1.15 bits per heavy atom. The van der Waals surface area contributed by atoms with Gasteiger partial charge in [-0.25, -0.2) is 4.79 Å². The Kier molecular flexibility index (Phi) is 6.44. The van der Waals surface area contributed by atoms with Gasteiger partial charge in [-0.2, -0.15) is 0 Å². The second-order valence-corrected chi connectivity index (χ2v) is 7.64. The first-order valence-corrected chi connectivity index (χ1v) is 10.4. The van der Waals surface area contributed by atoms with E-state index in [1.807, 2.05) is 0 Å². The molecule has 1 saturated heterocycles. The van der Waals surface area contributed by atoms with Crippen molar-refractivity contribution in [2.45, 2.75) is 32.0 Å². The molecule has 11 heteroatoms. The third-order valence-electron chi connectivity index (χ3n) is 5.33. The first-order chi connectivity index (χ1) is 16.2. The molecule has 0 bridgehead atoms. The van der Waals surface area contributed by atoms with Crippen LogP contribution in [0.5, 0.6) is 5.75 Å². The SMILES string of the molecule is O=Cc1cn(CC(=O)N2CCC[C@@H]2OC(=O)Nc2cccc(OC(F)(F)F)c2)c2ccccc12. The summed E-state index contributed by atoms with van der Waals surface area (Å²) in [4.78, 5) is 38.1. The number of hydrogen-bond donors (Lipinski definition) is 1. The van der Waals surface area contributed by atoms with E-state index in [1.54, 1.807) is 35.0 Å². The van der Waals surface area contributed by atoms with E-state index in [2.05, 4.69) is 10.1 Å². The first kappa shape index (κ1) is 23.1. The number of benzene rings is 2. The Morgan fingerprint density at radius 3 is 2.71 bits per heavy atom. The Bertz CT molecular complexity index is 1220. The van der Waals surface area contributed by atoms with Gasteiger partial charge in [0.05, 0.1) is 0 Å². The normalized spacial score (nSPS) is 15.9. The van der Waals surface area contributed by atoms with Gasteiger partial charge in [0.1, 0.15) is 12.3 Å². The van der Waals surface area contributed by atoms with Gasteiger partial charge < -0.3 is 18.9 Å². The Balaban J connectivity index is 1.40. The van der Waals surface area contributed by atoms with Crippen LogP contribution in [0.1, 0.15) is 23.2 Å². The molecule has 0 aliphatic carbocycles. The zero-order valence-corrected chi connectivity index (χ0v) is 17.7. The van der Waals surface area contributed by atoms with Gasteiger partial charge in [0.2, 0.25) is 5.91 Å². The molecule has 34 heavy (non-hydrogen) atoms. The maximum Gasteiger partial charge on any atom is 0.573 e. The number of halogens is 3. The van der Waals surface area contributed by atoms with Crippen LogP contribution in [0.2, 0.25) is 0 Å². The molecule has 1 aliphatic heterocycles. The van der Waals surface area contributed by atoms with Crippen LogP contribution in [0.25, 0.3) is 10.9 Å². The topological polar surface area (TPSA) is 89.9 Å². The van der Waals surface area contributed by atoms with E-state index in [0.717, 1.165) is 29.3 Å². The van der Waals surface area contributed by atoms with Gasteiger partial charge in [0.25, 0.3) is 0 Å². The molecule has 1 atom stereocenters. The number of anilines is 1. The number of hydrogen-bond acceptors (Lipinski definition) is 5. The molecule has 0 spiro atoms. The zero-order valence-electron chi connectivity index (χ0n) is 17.7. The molecule has 3 aromatic rings. The van der Waals surface area contributed by atoms with Crippen molar-refractivity contribution in [1.29, 1.82) is 0 Å². The Labute approximate surface area is 191 Å². The standard InChI is InChI=1S/C23H20F3N3O5/c24-23(25,26)34-17-6-3-5-16(11-17)27-22(32)33-21-9-4-10-29(21)20(31)13-28-12-15(14-30)18-7-1-2-8-19(18)28/h1-3,5-8,11-12,14,21H,4,9-10,13H2,(H,27,32)/t21-/m0/s1. The van der Waals surface area contributed by atoms with Gasteiger partial charge in [0.15, 0.2) is 12.5 Å². The van der Waals surface area contributed by atoms with Crippen LogP contribution in [0, 0.1) is 0 Å². The number of fused-ring (bicyclic) bond motifs is 1. The third kappa shape index (κ3) is 5.30. The number of alkyl halides is 3. The fraction of sp³-hybridized carbons (Fsp3) is 0.261. The number of amides is 2. The fourth-order valence-electron chi connectivity index (χ4n) is 3.92. The number of aldehydes is 1. The van der Waals surface area contributed by atoms with Crippen molar-refractivity contribution in [3.05, 3.63) is 60.3 Å². The molecule has 0 unspecified atom stereocenters. The summed E-state index contributed by atoms with van der Waals surface area (Å²) in [6.45, 7) is 0.331. The number of nitrogens with one attached hydrogen (secondary N) is 1. The highest BCUT2D eigenvalue weighted by molar-refractivity contribution is 5.98.